The summed E-state index contributed by atoms with van der Waals surface area (Å²) in [6, 6.07) is 0.965. The van der Waals surface area contributed by atoms with E-state index in [0.717, 1.165) is 12.3 Å². The van der Waals surface area contributed by atoms with Crippen LogP contribution in [0, 0.1) is 12.8 Å². The molecule has 0 unspecified atom stereocenters. The van der Waals surface area contributed by atoms with Crippen molar-refractivity contribution >= 4 is 29.3 Å². The number of nitrogens with one attached hydrogen (secondary N) is 1. The molecule has 0 saturated carbocycles. The molecule has 0 aliphatic carbocycles. The number of carbonyl (C=O) groups is 2. The van der Waals surface area contributed by atoms with E-state index in [1.54, 1.807) is 38.2 Å². The highest BCUT2D eigenvalue weighted by atomic mass is 19.4. The predicted octanol–water partition coefficient (Wildman–Crippen LogP) is 2.74. The first-order valence-electron chi connectivity index (χ1n) is 12.3. The van der Waals surface area contributed by atoms with Crippen LogP contribution >= 0.6 is 0 Å². The number of nitrogens with two attached hydrogens (primary N) is 1. The molecule has 4 heterocycles. The highest BCUT2D eigenvalue weighted by Gasteiger charge is 2.34. The molecule has 11 nitrogen and oxygen atoms in total. The molecule has 4 rings (SSSR count). The monoisotopic (exact) mass is 545 g/mol. The van der Waals surface area contributed by atoms with E-state index in [-0.39, 0.29) is 36.8 Å². The lowest BCUT2D eigenvalue weighted by Crippen LogP contribution is -2.48. The van der Waals surface area contributed by atoms with Gasteiger partial charge >= 0.3 is 6.18 Å². The van der Waals surface area contributed by atoms with Gasteiger partial charge in [-0.15, -0.1) is 0 Å². The number of fused-ring (bicyclic) bond motifs is 1. The van der Waals surface area contributed by atoms with Gasteiger partial charge in [0.15, 0.2) is 5.82 Å². The molecule has 2 amide bonds. The molecule has 0 fully saturated rings. The van der Waals surface area contributed by atoms with Gasteiger partial charge in [0.2, 0.25) is 17.8 Å². The van der Waals surface area contributed by atoms with Crippen molar-refractivity contribution in [3.8, 4) is 0 Å². The molecule has 0 spiro atoms. The Balaban J connectivity index is 1.63. The number of pyridine rings is 1. The summed E-state index contributed by atoms with van der Waals surface area (Å²) in [6.45, 7) is 7.36. The molecular formula is C25H30F3N9O2. The Hall–Kier alpha value is -4.07. The highest BCUT2D eigenvalue weighted by Crippen LogP contribution is 2.33. The molecule has 2 atom stereocenters. The van der Waals surface area contributed by atoms with Gasteiger partial charge in [-0.2, -0.15) is 23.3 Å². The summed E-state index contributed by atoms with van der Waals surface area (Å²) in [5.74, 6) is -0.127. The second kappa shape index (κ2) is 10.6. The summed E-state index contributed by atoms with van der Waals surface area (Å²) >= 11 is 0. The van der Waals surface area contributed by atoms with Gasteiger partial charge in [-0.3, -0.25) is 24.2 Å². The van der Waals surface area contributed by atoms with E-state index in [0.29, 0.717) is 28.3 Å². The second-order valence-electron chi connectivity index (χ2n) is 9.87. The third-order valence-corrected chi connectivity index (χ3v) is 6.60. The number of nitrogens with zero attached hydrogens (tertiary/aromatic N) is 7. The summed E-state index contributed by atoms with van der Waals surface area (Å²) in [7, 11) is 1.74. The zero-order valence-electron chi connectivity index (χ0n) is 22.2. The van der Waals surface area contributed by atoms with Gasteiger partial charge in [0, 0.05) is 25.0 Å². The Morgan fingerprint density at radius 1 is 1.21 bits per heavy atom. The molecule has 0 bridgehead atoms. The van der Waals surface area contributed by atoms with E-state index >= 15 is 0 Å². The maximum atomic E-state index is 13.5. The normalized spacial score (nSPS) is 16.2. The average Bonchev–Trinajstić information content (AvgIpc) is 3.32. The van der Waals surface area contributed by atoms with Crippen molar-refractivity contribution in [2.75, 3.05) is 22.2 Å². The van der Waals surface area contributed by atoms with Crippen molar-refractivity contribution in [2.24, 2.45) is 11.7 Å². The summed E-state index contributed by atoms with van der Waals surface area (Å²) in [6.07, 6.45) is -0.127. The second-order valence-corrected chi connectivity index (χ2v) is 9.87. The quantitative estimate of drug-likeness (QED) is 0.463. The smallest absolute Gasteiger partial charge is 0.346 e. The van der Waals surface area contributed by atoms with Gasteiger partial charge in [-0.25, -0.2) is 4.98 Å². The Morgan fingerprint density at radius 3 is 2.54 bits per heavy atom. The van der Waals surface area contributed by atoms with Crippen LogP contribution in [0.25, 0.3) is 0 Å². The summed E-state index contributed by atoms with van der Waals surface area (Å²) < 4.78 is 40.0. The fourth-order valence-electron chi connectivity index (χ4n) is 3.99. The van der Waals surface area contributed by atoms with Crippen LogP contribution in [0.5, 0.6) is 0 Å². The minimum Gasteiger partial charge on any atom is -0.346 e. The molecule has 39 heavy (non-hydrogen) atoms. The number of rotatable bonds is 7. The van der Waals surface area contributed by atoms with Crippen molar-refractivity contribution in [3.63, 3.8) is 0 Å². The lowest BCUT2D eigenvalue weighted by Gasteiger charge is -2.34. The first kappa shape index (κ1) is 28.0. The maximum Gasteiger partial charge on any atom is 0.433 e. The van der Waals surface area contributed by atoms with Gasteiger partial charge in [0.05, 0.1) is 31.0 Å². The van der Waals surface area contributed by atoms with E-state index < -0.39 is 24.0 Å². The van der Waals surface area contributed by atoms with Crippen LogP contribution in [0.2, 0.25) is 0 Å². The first-order valence-corrected chi connectivity index (χ1v) is 12.3. The third kappa shape index (κ3) is 5.85. The van der Waals surface area contributed by atoms with Gasteiger partial charge in [-0.1, -0.05) is 19.9 Å². The van der Waals surface area contributed by atoms with Crippen LogP contribution in [-0.2, 0) is 28.9 Å². The van der Waals surface area contributed by atoms with Gasteiger partial charge < -0.3 is 16.0 Å². The van der Waals surface area contributed by atoms with Crippen LogP contribution in [-0.4, -0.2) is 55.7 Å². The molecule has 3 N–H and O–H groups in total. The van der Waals surface area contributed by atoms with E-state index in [2.05, 4.69) is 25.4 Å². The zero-order chi connectivity index (χ0) is 28.6. The van der Waals surface area contributed by atoms with Crippen LogP contribution in [0.1, 0.15) is 43.3 Å². The molecule has 0 saturated heterocycles. The molecule has 14 heteroatoms. The number of amides is 2. The van der Waals surface area contributed by atoms with Crippen molar-refractivity contribution in [1.82, 2.24) is 24.7 Å². The highest BCUT2D eigenvalue weighted by molar-refractivity contribution is 6.03. The average molecular weight is 546 g/mol. The number of alkyl halides is 3. The standard InChI is InChI=1S/C25H30F3N9O2/c1-13(2)19(29)23(39)37(24-32-14(3)20-21(34-24)35(5)15(4)22(38)33-20)12-17-9-31-36(11-17)10-16-6-7-18(30-8-16)25(26,27)28/h6-9,11,13,15,19H,10,12,29H2,1-5H3,(H,33,38)/t15-,19-/m0/s1. The van der Waals surface area contributed by atoms with E-state index in [9.17, 15) is 22.8 Å². The molecule has 3 aromatic heterocycles. The van der Waals surface area contributed by atoms with E-state index in [4.69, 9.17) is 5.73 Å². The molecular weight excluding hydrogens is 515 g/mol. The summed E-state index contributed by atoms with van der Waals surface area (Å²) in [5.41, 5.74) is 7.38. The molecule has 1 aliphatic heterocycles. The van der Waals surface area contributed by atoms with Crippen molar-refractivity contribution in [1.29, 1.82) is 0 Å². The number of aryl methyl sites for hydroxylation is 1. The number of likely N-dealkylation sites (N-methyl/N-ethyl adjacent to an activating group) is 1. The van der Waals surface area contributed by atoms with Gasteiger partial charge in [0.1, 0.15) is 17.4 Å². The van der Waals surface area contributed by atoms with Crippen LogP contribution < -0.4 is 20.9 Å². The minimum atomic E-state index is -4.51. The Labute approximate surface area is 223 Å². The first-order chi connectivity index (χ1) is 18.3. The summed E-state index contributed by atoms with van der Waals surface area (Å²) in [5, 5.41) is 7.11. The van der Waals surface area contributed by atoms with Crippen molar-refractivity contribution in [3.05, 3.63) is 53.2 Å². The largest absolute Gasteiger partial charge is 0.433 e. The number of carbonyl (C=O) groups excluding carboxylic acids is 2. The summed E-state index contributed by atoms with van der Waals surface area (Å²) in [4.78, 5) is 41.5. The molecule has 0 aromatic carbocycles. The van der Waals surface area contributed by atoms with Gasteiger partial charge in [-0.05, 0) is 31.4 Å². The Kier molecular flexibility index (Phi) is 7.59. The fourth-order valence-corrected chi connectivity index (χ4v) is 3.99. The Morgan fingerprint density at radius 2 is 1.92 bits per heavy atom. The fraction of sp³-hybridized carbons (Fsp3) is 0.440. The van der Waals surface area contributed by atoms with Crippen LogP contribution in [0.4, 0.5) is 30.6 Å². The van der Waals surface area contributed by atoms with Crippen molar-refractivity contribution < 1.29 is 22.8 Å². The number of aromatic nitrogens is 5. The SMILES string of the molecule is Cc1nc(N(Cc2cnn(Cc3ccc(C(F)(F)F)nc3)c2)C(=O)[C@@H](N)C(C)C)nc2c1NC(=O)[C@H](C)N2C. The number of anilines is 3. The van der Waals surface area contributed by atoms with E-state index in [1.807, 2.05) is 13.8 Å². The Bertz CT molecular complexity index is 1370. The third-order valence-electron chi connectivity index (χ3n) is 6.60. The van der Waals surface area contributed by atoms with Crippen molar-refractivity contribution in [2.45, 2.75) is 59.0 Å². The number of halogens is 3. The van der Waals surface area contributed by atoms with Crippen LogP contribution in [0.15, 0.2) is 30.7 Å². The lowest BCUT2D eigenvalue weighted by molar-refractivity contribution is -0.141. The lowest BCUT2D eigenvalue weighted by atomic mass is 10.0. The van der Waals surface area contributed by atoms with E-state index in [1.165, 1.54) is 15.6 Å². The molecule has 3 aromatic rings. The number of hydrogen-bond acceptors (Lipinski definition) is 8. The number of hydrogen-bond donors (Lipinski definition) is 2. The topological polar surface area (TPSA) is 135 Å². The predicted molar refractivity (Wildman–Crippen MR) is 138 cm³/mol. The molecule has 208 valence electrons. The zero-order valence-corrected chi connectivity index (χ0v) is 22.2. The van der Waals surface area contributed by atoms with Gasteiger partial charge in [0.25, 0.3) is 0 Å². The molecule has 1 aliphatic rings. The maximum absolute atomic E-state index is 13.5. The molecule has 0 radical (unpaired) electrons. The van der Waals surface area contributed by atoms with Crippen LogP contribution in [0.3, 0.4) is 0 Å². The minimum absolute atomic E-state index is 0.0500.